The molecule has 0 amide bonds. The normalized spacial score (nSPS) is 12.7. The molecule has 4 N–H and O–H groups in total. The number of anilines is 8. The third kappa shape index (κ3) is 5.51. The Labute approximate surface area is 337 Å². The van der Waals surface area contributed by atoms with Crippen LogP contribution in [0, 0.1) is 0 Å². The molecule has 0 fully saturated rings. The smallest absolute Gasteiger partial charge is 0.132 e. The second-order valence-corrected chi connectivity index (χ2v) is 14.6. The first-order valence-electron chi connectivity index (χ1n) is 19.2. The Hall–Kier alpha value is -7.64. The van der Waals surface area contributed by atoms with E-state index in [0.29, 0.717) is 11.4 Å². The van der Waals surface area contributed by atoms with Crippen molar-refractivity contribution in [2.24, 2.45) is 0 Å². The highest BCUT2D eigenvalue weighted by atomic mass is 16.5. The third-order valence-corrected chi connectivity index (χ3v) is 11.4. The second-order valence-electron chi connectivity index (χ2n) is 14.6. The molecule has 1 aliphatic carbocycles. The van der Waals surface area contributed by atoms with E-state index in [2.05, 4.69) is 131 Å². The second kappa shape index (κ2) is 13.8. The Bertz CT molecular complexity index is 2610. The van der Waals surface area contributed by atoms with Crippen LogP contribution in [0.4, 0.5) is 45.5 Å². The van der Waals surface area contributed by atoms with Crippen molar-refractivity contribution in [1.29, 1.82) is 0 Å². The van der Waals surface area contributed by atoms with E-state index in [0.717, 1.165) is 90.5 Å². The Morgan fingerprint density at radius 1 is 0.397 bits per heavy atom. The molecule has 8 aromatic rings. The van der Waals surface area contributed by atoms with E-state index in [4.69, 9.17) is 25.7 Å². The van der Waals surface area contributed by atoms with E-state index in [-0.39, 0.29) is 0 Å². The third-order valence-electron chi connectivity index (χ3n) is 11.4. The lowest BCUT2D eigenvalue weighted by Crippen LogP contribution is -2.32. The fraction of sp³-hybridized carbons (Fsp3) is 0.0588. The Morgan fingerprint density at radius 3 is 1.12 bits per heavy atom. The number of nitrogen functional groups attached to an aromatic ring is 2. The minimum Gasteiger partial charge on any atom is -0.497 e. The average Bonchev–Trinajstić information content (AvgIpc) is 3.55. The molecule has 8 aromatic carbocycles. The lowest BCUT2D eigenvalue weighted by atomic mass is 9.66. The van der Waals surface area contributed by atoms with Crippen molar-refractivity contribution in [3.63, 3.8) is 0 Å². The quantitative estimate of drug-likeness (QED) is 0.149. The van der Waals surface area contributed by atoms with E-state index in [1.54, 1.807) is 14.2 Å². The molecule has 1 heterocycles. The van der Waals surface area contributed by atoms with Crippen LogP contribution < -0.4 is 35.5 Å². The van der Waals surface area contributed by atoms with Gasteiger partial charge in [0, 0.05) is 56.6 Å². The number of benzene rings is 8. The summed E-state index contributed by atoms with van der Waals surface area (Å²) in [6.07, 6.45) is 0. The van der Waals surface area contributed by atoms with Gasteiger partial charge in [-0.1, -0.05) is 48.5 Å². The minimum absolute atomic E-state index is 0.704. The average molecular weight is 757 g/mol. The first-order valence-corrected chi connectivity index (χ1v) is 19.2. The highest BCUT2D eigenvalue weighted by molar-refractivity contribution is 5.93. The predicted octanol–water partition coefficient (Wildman–Crippen LogP) is 12.3. The van der Waals surface area contributed by atoms with Crippen LogP contribution in [0.15, 0.2) is 182 Å². The van der Waals surface area contributed by atoms with Crippen LogP contribution in [0.5, 0.6) is 23.0 Å². The van der Waals surface area contributed by atoms with E-state index in [9.17, 15) is 0 Å². The number of hydrogen-bond donors (Lipinski definition) is 2. The van der Waals surface area contributed by atoms with Gasteiger partial charge >= 0.3 is 0 Å². The van der Waals surface area contributed by atoms with Crippen LogP contribution in [-0.4, -0.2) is 14.2 Å². The largest absolute Gasteiger partial charge is 0.497 e. The Balaban J connectivity index is 1.24. The highest BCUT2D eigenvalue weighted by Gasteiger charge is 2.51. The van der Waals surface area contributed by atoms with Gasteiger partial charge in [-0.25, -0.2) is 0 Å². The molecule has 0 radical (unpaired) electrons. The number of rotatable bonds is 8. The van der Waals surface area contributed by atoms with E-state index >= 15 is 0 Å². The molecule has 7 heteroatoms. The van der Waals surface area contributed by atoms with Crippen molar-refractivity contribution >= 4 is 45.5 Å². The van der Waals surface area contributed by atoms with Gasteiger partial charge in [-0.15, -0.1) is 0 Å². The summed E-state index contributed by atoms with van der Waals surface area (Å²) in [6, 6.07) is 62.9. The molecule has 0 saturated heterocycles. The van der Waals surface area contributed by atoms with Gasteiger partial charge in [0.1, 0.15) is 23.0 Å². The van der Waals surface area contributed by atoms with Crippen LogP contribution in [0.25, 0.3) is 11.1 Å². The molecule has 1 aliphatic heterocycles. The summed E-state index contributed by atoms with van der Waals surface area (Å²) in [5.74, 6) is 3.23. The highest BCUT2D eigenvalue weighted by Crippen LogP contribution is 2.63. The van der Waals surface area contributed by atoms with Crippen LogP contribution >= 0.6 is 0 Å². The summed E-state index contributed by atoms with van der Waals surface area (Å²) >= 11 is 0. The Kier molecular flexibility index (Phi) is 8.30. The van der Waals surface area contributed by atoms with Gasteiger partial charge < -0.3 is 35.5 Å². The molecular formula is C51H40N4O3. The van der Waals surface area contributed by atoms with Crippen LogP contribution in [0.2, 0.25) is 0 Å². The van der Waals surface area contributed by atoms with E-state index < -0.39 is 5.41 Å². The SMILES string of the molecule is COc1ccc(N(c2ccc(N)cc2)c2ccc3c(c2)C2(c4ccccc4Oc4ccccc42)c2cc(N(c4ccc(N)cc4)c4ccc(OC)cc4)ccc2-3)cc1. The van der Waals surface area contributed by atoms with Crippen molar-refractivity contribution in [3.8, 4) is 34.1 Å². The van der Waals surface area contributed by atoms with Gasteiger partial charge in [0.25, 0.3) is 0 Å². The number of ether oxygens (including phenoxy) is 3. The molecule has 1 spiro atoms. The van der Waals surface area contributed by atoms with Crippen molar-refractivity contribution in [2.45, 2.75) is 5.41 Å². The summed E-state index contributed by atoms with van der Waals surface area (Å²) in [4.78, 5) is 4.54. The van der Waals surface area contributed by atoms with Crippen molar-refractivity contribution in [3.05, 3.63) is 204 Å². The van der Waals surface area contributed by atoms with Gasteiger partial charge in [0.05, 0.1) is 19.6 Å². The topological polar surface area (TPSA) is 86.2 Å². The maximum absolute atomic E-state index is 6.72. The zero-order valence-electron chi connectivity index (χ0n) is 32.1. The first kappa shape index (κ1) is 34.8. The summed E-state index contributed by atoms with van der Waals surface area (Å²) in [7, 11) is 3.37. The summed E-state index contributed by atoms with van der Waals surface area (Å²) in [5.41, 5.74) is 25.9. The summed E-state index contributed by atoms with van der Waals surface area (Å²) in [6.45, 7) is 0. The molecular weight excluding hydrogens is 717 g/mol. The van der Waals surface area contributed by atoms with Gasteiger partial charge in [0.15, 0.2) is 0 Å². The van der Waals surface area contributed by atoms with Gasteiger partial charge in [-0.3, -0.25) is 0 Å². The number of hydrogen-bond acceptors (Lipinski definition) is 7. The minimum atomic E-state index is -0.735. The van der Waals surface area contributed by atoms with E-state index in [1.165, 1.54) is 0 Å². The molecule has 7 nitrogen and oxygen atoms in total. The molecule has 0 unspecified atom stereocenters. The standard InChI is InChI=1S/C51H40N4O3/c1-56-41-25-19-37(20-26-41)54(35-15-11-33(52)12-16-35)39-23-29-43-44-30-24-40(55(36-17-13-34(53)14-18-36)38-21-27-42(57-2)28-22-38)32-48(44)51(47(43)31-39)45-7-3-5-9-49(45)58-50-10-6-4-8-46(50)51/h3-32H,52-53H2,1-2H3. The number of para-hydroxylation sites is 2. The van der Waals surface area contributed by atoms with E-state index in [1.807, 2.05) is 60.7 Å². The van der Waals surface area contributed by atoms with Gasteiger partial charge in [-0.2, -0.15) is 0 Å². The molecule has 2 aliphatic rings. The van der Waals surface area contributed by atoms with Crippen molar-refractivity contribution < 1.29 is 14.2 Å². The van der Waals surface area contributed by atoms with Crippen molar-refractivity contribution in [2.75, 3.05) is 35.5 Å². The van der Waals surface area contributed by atoms with Crippen LogP contribution in [0.1, 0.15) is 22.3 Å². The lowest BCUT2D eigenvalue weighted by molar-refractivity contribution is 0.414. The number of nitrogens with zero attached hydrogens (tertiary/aromatic N) is 2. The molecule has 0 bridgehead atoms. The van der Waals surface area contributed by atoms with Crippen molar-refractivity contribution in [1.82, 2.24) is 0 Å². The maximum Gasteiger partial charge on any atom is 0.132 e. The first-order chi connectivity index (χ1) is 28.5. The fourth-order valence-electron chi connectivity index (χ4n) is 8.76. The zero-order chi connectivity index (χ0) is 39.4. The number of fused-ring (bicyclic) bond motifs is 9. The fourth-order valence-corrected chi connectivity index (χ4v) is 8.76. The number of nitrogens with two attached hydrogens (primary N) is 2. The Morgan fingerprint density at radius 2 is 0.741 bits per heavy atom. The summed E-state index contributed by atoms with van der Waals surface area (Å²) in [5, 5.41) is 0. The monoisotopic (exact) mass is 756 g/mol. The molecule has 10 rings (SSSR count). The zero-order valence-corrected chi connectivity index (χ0v) is 32.1. The van der Waals surface area contributed by atoms with Crippen LogP contribution in [-0.2, 0) is 5.41 Å². The molecule has 0 saturated carbocycles. The molecule has 0 atom stereocenters. The maximum atomic E-state index is 6.72. The molecule has 58 heavy (non-hydrogen) atoms. The molecule has 282 valence electrons. The predicted molar refractivity (Wildman–Crippen MR) is 235 cm³/mol. The molecule has 0 aromatic heterocycles. The number of methoxy groups -OCH3 is 2. The van der Waals surface area contributed by atoms with Gasteiger partial charge in [0.2, 0.25) is 0 Å². The van der Waals surface area contributed by atoms with Crippen LogP contribution in [0.3, 0.4) is 0 Å². The lowest BCUT2D eigenvalue weighted by Gasteiger charge is -2.40. The van der Waals surface area contributed by atoms with Gasteiger partial charge in [-0.05, 0) is 156 Å². The summed E-state index contributed by atoms with van der Waals surface area (Å²) < 4.78 is 17.8.